The number of aromatic hydroxyl groups is 2. The van der Waals surface area contributed by atoms with E-state index in [2.05, 4.69) is 15.5 Å². The Hall–Kier alpha value is -3.89. The van der Waals surface area contributed by atoms with Crippen LogP contribution in [0.5, 0.6) is 11.5 Å². The number of nitrogens with one attached hydrogen (secondary N) is 1. The third kappa shape index (κ3) is 3.29. The zero-order valence-electron chi connectivity index (χ0n) is 14.4. The summed E-state index contributed by atoms with van der Waals surface area (Å²) < 4.78 is 3.55. The second kappa shape index (κ2) is 6.78. The van der Waals surface area contributed by atoms with Gasteiger partial charge in [0.1, 0.15) is 12.2 Å². The van der Waals surface area contributed by atoms with Crippen LogP contribution in [-0.4, -0.2) is 41.0 Å². The lowest BCUT2D eigenvalue weighted by Crippen LogP contribution is -2.37. The highest BCUT2D eigenvalue weighted by molar-refractivity contribution is 5.83. The van der Waals surface area contributed by atoms with Crippen LogP contribution in [0.1, 0.15) is 5.56 Å². The molecule has 0 aliphatic rings. The molecule has 0 radical (unpaired) electrons. The van der Waals surface area contributed by atoms with Crippen LogP contribution in [0, 0.1) is 0 Å². The van der Waals surface area contributed by atoms with Crippen LogP contribution >= 0.6 is 0 Å². The lowest BCUT2D eigenvalue weighted by atomic mass is 10.2. The summed E-state index contributed by atoms with van der Waals surface area (Å²) in [4.78, 5) is 40.2. The minimum Gasteiger partial charge on any atom is -0.504 e. The monoisotopic (exact) mass is 372 g/mol. The van der Waals surface area contributed by atoms with E-state index in [-0.39, 0.29) is 29.2 Å². The Balaban J connectivity index is 1.78. The molecule has 2 aromatic heterocycles. The lowest BCUT2D eigenvalue weighted by molar-refractivity contribution is -0.121. The Morgan fingerprint density at radius 1 is 1.22 bits per heavy atom. The molecule has 2 heterocycles. The largest absolute Gasteiger partial charge is 0.504 e. The molecule has 0 spiro atoms. The molecule has 140 valence electrons. The molecule has 0 aliphatic carbocycles. The number of rotatable bonds is 4. The third-order valence-corrected chi connectivity index (χ3v) is 3.93. The summed E-state index contributed by atoms with van der Waals surface area (Å²) in [5.41, 5.74) is 1.99. The molecular formula is C16H16N6O5. The van der Waals surface area contributed by atoms with Gasteiger partial charge in [-0.25, -0.2) is 15.2 Å². The number of hydrazone groups is 1. The van der Waals surface area contributed by atoms with Gasteiger partial charge in [0.25, 0.3) is 11.5 Å². The molecule has 0 saturated heterocycles. The number of phenolic OH excluding ortho intramolecular Hbond substituents is 2. The number of carbonyl (C=O) groups excluding carboxylic acids is 1. The highest BCUT2D eigenvalue weighted by atomic mass is 16.3. The zero-order chi connectivity index (χ0) is 19.7. The van der Waals surface area contributed by atoms with E-state index < -0.39 is 17.2 Å². The van der Waals surface area contributed by atoms with Crippen LogP contribution in [0.2, 0.25) is 0 Å². The summed E-state index contributed by atoms with van der Waals surface area (Å²) in [7, 11) is 2.83. The van der Waals surface area contributed by atoms with Crippen LogP contribution in [0.15, 0.2) is 39.2 Å². The molecule has 11 nitrogen and oxygen atoms in total. The fourth-order valence-corrected chi connectivity index (χ4v) is 2.54. The molecule has 3 aromatic rings. The van der Waals surface area contributed by atoms with Gasteiger partial charge in [-0.15, -0.1) is 0 Å². The summed E-state index contributed by atoms with van der Waals surface area (Å²) >= 11 is 0. The average Bonchev–Trinajstić information content (AvgIpc) is 3.04. The van der Waals surface area contributed by atoms with Gasteiger partial charge in [0.15, 0.2) is 17.0 Å². The van der Waals surface area contributed by atoms with Gasteiger partial charge >= 0.3 is 5.69 Å². The molecule has 11 heteroatoms. The Labute approximate surface area is 151 Å². The minimum atomic E-state index is -0.544. The molecule has 0 saturated carbocycles. The molecule has 27 heavy (non-hydrogen) atoms. The molecule has 3 rings (SSSR count). The number of fused-ring (bicyclic) bond motifs is 1. The predicted octanol–water partition coefficient (Wildman–Crippen LogP) is -1.00. The van der Waals surface area contributed by atoms with Crippen molar-refractivity contribution in [3.8, 4) is 11.5 Å². The molecule has 0 fully saturated rings. The quantitative estimate of drug-likeness (QED) is 0.304. The SMILES string of the molecule is Cn1c(=O)c2ncn(CC(=O)N/N=C/c3ccc(O)c(O)c3)c2n(C)c1=O. The van der Waals surface area contributed by atoms with E-state index in [4.69, 9.17) is 0 Å². The maximum Gasteiger partial charge on any atom is 0.332 e. The second-order valence-electron chi connectivity index (χ2n) is 5.79. The number of carbonyl (C=O) groups is 1. The van der Waals surface area contributed by atoms with Crippen molar-refractivity contribution in [2.75, 3.05) is 0 Å². The van der Waals surface area contributed by atoms with Gasteiger partial charge in [0.2, 0.25) is 0 Å². The first-order valence-corrected chi connectivity index (χ1v) is 7.74. The van der Waals surface area contributed by atoms with Crippen LogP contribution in [0.4, 0.5) is 0 Å². The fourth-order valence-electron chi connectivity index (χ4n) is 2.54. The summed E-state index contributed by atoms with van der Waals surface area (Å²) in [6.45, 7) is -0.213. The van der Waals surface area contributed by atoms with Gasteiger partial charge in [-0.2, -0.15) is 5.10 Å². The van der Waals surface area contributed by atoms with Crippen LogP contribution in [-0.2, 0) is 25.4 Å². The Bertz CT molecular complexity index is 1190. The maximum absolute atomic E-state index is 12.1. The Kier molecular flexibility index (Phi) is 4.50. The number of hydrogen-bond donors (Lipinski definition) is 3. The van der Waals surface area contributed by atoms with E-state index in [1.54, 1.807) is 0 Å². The van der Waals surface area contributed by atoms with Crippen molar-refractivity contribution in [1.29, 1.82) is 0 Å². The topological polar surface area (TPSA) is 144 Å². The highest BCUT2D eigenvalue weighted by Crippen LogP contribution is 2.23. The Morgan fingerprint density at radius 3 is 2.67 bits per heavy atom. The minimum absolute atomic E-state index is 0.0791. The standard InChI is InChI=1S/C16H16N6O5/c1-20-14-13(15(26)21(2)16(20)27)17-8-22(14)7-12(25)19-18-6-9-3-4-10(23)11(24)5-9/h3-6,8,23-24H,7H2,1-2H3,(H,19,25)/b18-6+. The molecule has 1 amide bonds. The molecule has 0 atom stereocenters. The van der Waals surface area contributed by atoms with E-state index in [0.29, 0.717) is 5.56 Å². The van der Waals surface area contributed by atoms with Gasteiger partial charge in [0.05, 0.1) is 12.5 Å². The van der Waals surface area contributed by atoms with Gasteiger partial charge in [-0.05, 0) is 23.8 Å². The summed E-state index contributed by atoms with van der Waals surface area (Å²) in [6.07, 6.45) is 2.58. The smallest absolute Gasteiger partial charge is 0.332 e. The van der Waals surface area contributed by atoms with Gasteiger partial charge < -0.3 is 14.8 Å². The number of imidazole rings is 1. The first-order chi connectivity index (χ1) is 12.8. The van der Waals surface area contributed by atoms with Crippen molar-refractivity contribution in [3.63, 3.8) is 0 Å². The van der Waals surface area contributed by atoms with Crippen molar-refractivity contribution in [1.82, 2.24) is 24.1 Å². The third-order valence-electron chi connectivity index (χ3n) is 3.93. The summed E-state index contributed by atoms with van der Waals surface area (Å²) in [5.74, 6) is -1.08. The van der Waals surface area contributed by atoms with Crippen LogP contribution < -0.4 is 16.7 Å². The number of nitrogens with zero attached hydrogens (tertiary/aromatic N) is 5. The molecule has 0 bridgehead atoms. The molecular weight excluding hydrogens is 356 g/mol. The molecule has 0 aliphatic heterocycles. The van der Waals surface area contributed by atoms with E-state index >= 15 is 0 Å². The van der Waals surface area contributed by atoms with Gasteiger partial charge in [-0.1, -0.05) is 0 Å². The van der Waals surface area contributed by atoms with E-state index in [1.807, 2.05) is 0 Å². The number of aryl methyl sites for hydroxylation is 1. The van der Waals surface area contributed by atoms with Gasteiger partial charge in [0, 0.05) is 14.1 Å². The molecule has 0 unspecified atom stereocenters. The number of benzene rings is 1. The Morgan fingerprint density at radius 2 is 1.96 bits per heavy atom. The number of amides is 1. The zero-order valence-corrected chi connectivity index (χ0v) is 14.4. The number of hydrogen-bond acceptors (Lipinski definition) is 7. The first-order valence-electron chi connectivity index (χ1n) is 7.74. The van der Waals surface area contributed by atoms with Crippen molar-refractivity contribution in [3.05, 3.63) is 50.9 Å². The highest BCUT2D eigenvalue weighted by Gasteiger charge is 2.15. The summed E-state index contributed by atoms with van der Waals surface area (Å²) in [6, 6.07) is 4.07. The van der Waals surface area contributed by atoms with Gasteiger partial charge in [-0.3, -0.25) is 18.7 Å². The van der Waals surface area contributed by atoms with Crippen molar-refractivity contribution >= 4 is 23.3 Å². The van der Waals surface area contributed by atoms with E-state index in [9.17, 15) is 24.6 Å². The normalized spacial score (nSPS) is 11.3. The van der Waals surface area contributed by atoms with Crippen molar-refractivity contribution < 1.29 is 15.0 Å². The predicted molar refractivity (Wildman–Crippen MR) is 95.7 cm³/mol. The van der Waals surface area contributed by atoms with Crippen LogP contribution in [0.25, 0.3) is 11.2 Å². The number of aromatic nitrogens is 4. The van der Waals surface area contributed by atoms with Crippen molar-refractivity contribution in [2.24, 2.45) is 19.2 Å². The van der Waals surface area contributed by atoms with E-state index in [1.165, 1.54) is 54.0 Å². The average molecular weight is 372 g/mol. The van der Waals surface area contributed by atoms with Crippen molar-refractivity contribution in [2.45, 2.75) is 6.54 Å². The molecule has 1 aromatic carbocycles. The lowest BCUT2D eigenvalue weighted by Gasteiger charge is -2.07. The second-order valence-corrected chi connectivity index (χ2v) is 5.79. The fraction of sp³-hybridized carbons (Fsp3) is 0.188. The maximum atomic E-state index is 12.1. The molecule has 3 N–H and O–H groups in total. The van der Waals surface area contributed by atoms with Crippen LogP contribution in [0.3, 0.4) is 0 Å². The first kappa shape index (κ1) is 17.9. The number of phenols is 2. The summed E-state index contributed by atoms with van der Waals surface area (Å²) in [5, 5.41) is 22.4. The van der Waals surface area contributed by atoms with E-state index in [0.717, 1.165) is 4.57 Å².